The lowest BCUT2D eigenvalue weighted by Gasteiger charge is -2.06. The molecule has 1 N–H and O–H groups in total. The highest BCUT2D eigenvalue weighted by Crippen LogP contribution is 2.15. The zero-order valence-corrected chi connectivity index (χ0v) is 12.4. The number of carbonyl (C=O) groups excluding carboxylic acids is 1. The number of benzene rings is 1. The van der Waals surface area contributed by atoms with Gasteiger partial charge in [-0.25, -0.2) is 14.6 Å². The van der Waals surface area contributed by atoms with Gasteiger partial charge in [-0.2, -0.15) is 5.10 Å². The molecule has 0 fully saturated rings. The Morgan fingerprint density at radius 2 is 1.95 bits per heavy atom. The van der Waals surface area contributed by atoms with Gasteiger partial charge in [-0.05, 0) is 36.4 Å². The fourth-order valence-corrected chi connectivity index (χ4v) is 2.00. The molecule has 21 heavy (non-hydrogen) atoms. The van der Waals surface area contributed by atoms with E-state index in [2.05, 4.69) is 36.3 Å². The molecule has 3 rings (SSSR count). The van der Waals surface area contributed by atoms with Crippen LogP contribution in [0.25, 0.3) is 5.82 Å². The van der Waals surface area contributed by atoms with Gasteiger partial charge >= 0.3 is 0 Å². The predicted molar refractivity (Wildman–Crippen MR) is 81.2 cm³/mol. The van der Waals surface area contributed by atoms with Gasteiger partial charge in [0.25, 0.3) is 5.91 Å². The Morgan fingerprint density at radius 1 is 1.14 bits per heavy atom. The molecule has 0 spiro atoms. The van der Waals surface area contributed by atoms with E-state index in [0.717, 1.165) is 4.47 Å². The van der Waals surface area contributed by atoms with Crippen LogP contribution in [0.2, 0.25) is 0 Å². The van der Waals surface area contributed by atoms with Crippen molar-refractivity contribution < 1.29 is 4.79 Å². The number of aromatic nitrogens is 4. The first-order chi connectivity index (χ1) is 10.2. The van der Waals surface area contributed by atoms with E-state index in [4.69, 9.17) is 0 Å². The molecule has 0 aliphatic carbocycles. The Kier molecular flexibility index (Phi) is 3.74. The number of anilines is 1. The average molecular weight is 344 g/mol. The number of amides is 1. The van der Waals surface area contributed by atoms with Gasteiger partial charge in [-0.15, -0.1) is 0 Å². The fraction of sp³-hybridized carbons (Fsp3) is 0. The van der Waals surface area contributed by atoms with E-state index in [1.807, 2.05) is 24.3 Å². The van der Waals surface area contributed by atoms with Gasteiger partial charge in [0.15, 0.2) is 5.82 Å². The average Bonchev–Trinajstić information content (AvgIpc) is 3.04. The normalized spacial score (nSPS) is 10.3. The van der Waals surface area contributed by atoms with E-state index in [-0.39, 0.29) is 5.91 Å². The molecule has 1 amide bonds. The lowest BCUT2D eigenvalue weighted by atomic mass is 10.3. The molecule has 6 nitrogen and oxygen atoms in total. The van der Waals surface area contributed by atoms with Gasteiger partial charge in [0.05, 0.1) is 0 Å². The minimum Gasteiger partial charge on any atom is -0.321 e. The molecule has 0 saturated heterocycles. The fourth-order valence-electron chi connectivity index (χ4n) is 1.73. The first-order valence-electron chi connectivity index (χ1n) is 6.11. The van der Waals surface area contributed by atoms with Crippen LogP contribution in [0, 0.1) is 0 Å². The minimum atomic E-state index is -0.278. The van der Waals surface area contributed by atoms with Crippen LogP contribution < -0.4 is 5.32 Å². The number of hydrogen-bond donors (Lipinski definition) is 1. The monoisotopic (exact) mass is 343 g/mol. The lowest BCUT2D eigenvalue weighted by Crippen LogP contribution is -2.14. The van der Waals surface area contributed by atoms with Gasteiger partial charge in [0, 0.05) is 10.2 Å². The Hall–Kier alpha value is -2.54. The molecule has 3 aromatic rings. The number of halogens is 1. The van der Waals surface area contributed by atoms with E-state index >= 15 is 0 Å². The second kappa shape index (κ2) is 5.84. The quantitative estimate of drug-likeness (QED) is 0.793. The standard InChI is InChI=1S/C14H10BrN5O/c15-10-4-6-11(7-5-10)18-14(21)12-2-1-3-13(19-12)20-9-16-8-17-20/h1-9H,(H,18,21). The van der Waals surface area contributed by atoms with Crippen LogP contribution in [0.3, 0.4) is 0 Å². The molecule has 0 unspecified atom stereocenters. The molecule has 0 saturated carbocycles. The summed E-state index contributed by atoms with van der Waals surface area (Å²) in [6, 6.07) is 12.5. The Bertz CT molecular complexity index is 755. The molecule has 2 heterocycles. The molecule has 2 aromatic heterocycles. The summed E-state index contributed by atoms with van der Waals surface area (Å²) < 4.78 is 2.45. The maximum atomic E-state index is 12.2. The summed E-state index contributed by atoms with van der Waals surface area (Å²) in [5, 5.41) is 6.78. The first kappa shape index (κ1) is 13.4. The van der Waals surface area contributed by atoms with E-state index in [1.54, 1.807) is 18.2 Å². The van der Waals surface area contributed by atoms with Crippen molar-refractivity contribution >= 4 is 27.5 Å². The largest absolute Gasteiger partial charge is 0.321 e. The predicted octanol–water partition coefficient (Wildman–Crippen LogP) is 2.68. The van der Waals surface area contributed by atoms with Crippen molar-refractivity contribution in [1.29, 1.82) is 0 Å². The highest BCUT2D eigenvalue weighted by Gasteiger charge is 2.09. The zero-order valence-electron chi connectivity index (χ0n) is 10.8. The summed E-state index contributed by atoms with van der Waals surface area (Å²) in [6.07, 6.45) is 2.94. The molecular weight excluding hydrogens is 334 g/mol. The summed E-state index contributed by atoms with van der Waals surface area (Å²) in [7, 11) is 0. The Labute approximate surface area is 129 Å². The van der Waals surface area contributed by atoms with Gasteiger partial charge < -0.3 is 5.32 Å². The highest BCUT2D eigenvalue weighted by molar-refractivity contribution is 9.10. The van der Waals surface area contributed by atoms with Crippen molar-refractivity contribution in [3.05, 3.63) is 65.3 Å². The van der Waals surface area contributed by atoms with Crippen molar-refractivity contribution in [3.63, 3.8) is 0 Å². The van der Waals surface area contributed by atoms with Gasteiger partial charge in [0.2, 0.25) is 0 Å². The smallest absolute Gasteiger partial charge is 0.274 e. The van der Waals surface area contributed by atoms with Crippen molar-refractivity contribution in [2.24, 2.45) is 0 Å². The van der Waals surface area contributed by atoms with Crippen LogP contribution in [0.1, 0.15) is 10.5 Å². The molecule has 7 heteroatoms. The minimum absolute atomic E-state index is 0.278. The number of nitrogens with one attached hydrogen (secondary N) is 1. The number of pyridine rings is 1. The van der Waals surface area contributed by atoms with Crippen LogP contribution in [0.5, 0.6) is 0 Å². The molecule has 0 atom stereocenters. The van der Waals surface area contributed by atoms with Crippen LogP contribution >= 0.6 is 15.9 Å². The number of carbonyl (C=O) groups is 1. The van der Waals surface area contributed by atoms with E-state index in [9.17, 15) is 4.79 Å². The second-order valence-electron chi connectivity index (χ2n) is 4.18. The van der Waals surface area contributed by atoms with Crippen LogP contribution in [-0.4, -0.2) is 25.7 Å². The third kappa shape index (κ3) is 3.14. The second-order valence-corrected chi connectivity index (χ2v) is 5.10. The van der Waals surface area contributed by atoms with Gasteiger partial charge in [-0.3, -0.25) is 4.79 Å². The van der Waals surface area contributed by atoms with Gasteiger partial charge in [-0.1, -0.05) is 22.0 Å². The Morgan fingerprint density at radius 3 is 2.67 bits per heavy atom. The number of nitrogens with zero attached hydrogens (tertiary/aromatic N) is 4. The maximum Gasteiger partial charge on any atom is 0.274 e. The summed E-state index contributed by atoms with van der Waals surface area (Å²) >= 11 is 3.35. The topological polar surface area (TPSA) is 72.7 Å². The van der Waals surface area contributed by atoms with E-state index in [1.165, 1.54) is 17.3 Å². The SMILES string of the molecule is O=C(Nc1ccc(Br)cc1)c1cccc(-n2cncn2)n1. The molecule has 0 radical (unpaired) electrons. The Balaban J connectivity index is 1.81. The van der Waals surface area contributed by atoms with Crippen LogP contribution in [0.15, 0.2) is 59.6 Å². The summed E-state index contributed by atoms with van der Waals surface area (Å²) in [5.41, 5.74) is 1.02. The third-order valence-electron chi connectivity index (χ3n) is 2.72. The molecule has 0 aliphatic heterocycles. The summed E-state index contributed by atoms with van der Waals surface area (Å²) in [6.45, 7) is 0. The van der Waals surface area contributed by atoms with E-state index in [0.29, 0.717) is 17.2 Å². The van der Waals surface area contributed by atoms with Crippen molar-refractivity contribution in [1.82, 2.24) is 19.7 Å². The van der Waals surface area contributed by atoms with Gasteiger partial charge in [0.1, 0.15) is 18.3 Å². The summed E-state index contributed by atoms with van der Waals surface area (Å²) in [5.74, 6) is 0.259. The molecule has 0 aliphatic rings. The zero-order chi connectivity index (χ0) is 14.7. The molecule has 0 bridgehead atoms. The lowest BCUT2D eigenvalue weighted by molar-refractivity contribution is 0.102. The van der Waals surface area contributed by atoms with E-state index < -0.39 is 0 Å². The summed E-state index contributed by atoms with van der Waals surface area (Å²) in [4.78, 5) is 20.3. The number of hydrogen-bond acceptors (Lipinski definition) is 4. The highest BCUT2D eigenvalue weighted by atomic mass is 79.9. The third-order valence-corrected chi connectivity index (χ3v) is 3.25. The number of rotatable bonds is 3. The van der Waals surface area contributed by atoms with Crippen LogP contribution in [0.4, 0.5) is 5.69 Å². The maximum absolute atomic E-state index is 12.2. The molecule has 104 valence electrons. The molecular formula is C14H10BrN5O. The van der Waals surface area contributed by atoms with Crippen molar-refractivity contribution in [2.45, 2.75) is 0 Å². The van der Waals surface area contributed by atoms with Crippen molar-refractivity contribution in [2.75, 3.05) is 5.32 Å². The first-order valence-corrected chi connectivity index (χ1v) is 6.91. The molecule has 1 aromatic carbocycles. The van der Waals surface area contributed by atoms with Crippen molar-refractivity contribution in [3.8, 4) is 5.82 Å². The van der Waals surface area contributed by atoms with Crippen LogP contribution in [-0.2, 0) is 0 Å².